The Morgan fingerprint density at radius 3 is 2.00 bits per heavy atom. The van der Waals surface area contributed by atoms with Crippen LogP contribution in [0.5, 0.6) is 0 Å². The normalized spacial score (nSPS) is 41.5. The van der Waals surface area contributed by atoms with Gasteiger partial charge in [-0.3, -0.25) is 4.79 Å². The lowest BCUT2D eigenvalue weighted by Crippen LogP contribution is -2.64. The molecule has 0 amide bonds. The molecule has 4 aliphatic carbocycles. The molecule has 1 atom stereocenters. The topological polar surface area (TPSA) is 35.5 Å². The van der Waals surface area contributed by atoms with Gasteiger partial charge in [-0.2, -0.15) is 0 Å². The van der Waals surface area contributed by atoms with Crippen molar-refractivity contribution in [2.45, 2.75) is 65.4 Å². The fraction of sp³-hybridized carbons (Fsp3) is 0.947. The van der Waals surface area contributed by atoms with Crippen LogP contribution < -0.4 is 0 Å². The van der Waals surface area contributed by atoms with Crippen molar-refractivity contribution in [3.63, 3.8) is 0 Å². The van der Waals surface area contributed by atoms with Gasteiger partial charge in [0, 0.05) is 13.0 Å². The van der Waals surface area contributed by atoms with Crippen LogP contribution >= 0.6 is 0 Å². The summed E-state index contributed by atoms with van der Waals surface area (Å²) in [5.41, 5.74) is -0.720. The van der Waals surface area contributed by atoms with E-state index in [4.69, 9.17) is 9.47 Å². The smallest absolute Gasteiger partial charge is 0.311 e. The molecular weight excluding hydrogens is 276 g/mol. The molecular formula is C19H32O3. The Bertz CT molecular complexity index is 406. The number of rotatable bonds is 4. The Morgan fingerprint density at radius 2 is 1.59 bits per heavy atom. The molecule has 4 aliphatic rings. The van der Waals surface area contributed by atoms with Crippen LogP contribution in [0, 0.1) is 35.0 Å². The Hall–Kier alpha value is -0.570. The van der Waals surface area contributed by atoms with Gasteiger partial charge >= 0.3 is 5.97 Å². The third kappa shape index (κ3) is 2.50. The van der Waals surface area contributed by atoms with Gasteiger partial charge in [0.2, 0.25) is 0 Å². The molecule has 0 aromatic rings. The van der Waals surface area contributed by atoms with Gasteiger partial charge in [-0.05, 0) is 76.5 Å². The number of hydrogen-bond donors (Lipinski definition) is 0. The van der Waals surface area contributed by atoms with E-state index < -0.39 is 5.41 Å². The molecule has 3 nitrogen and oxygen atoms in total. The highest BCUT2D eigenvalue weighted by atomic mass is 16.6. The van der Waals surface area contributed by atoms with Gasteiger partial charge in [0.1, 0.15) is 5.60 Å². The fourth-order valence-corrected chi connectivity index (χ4v) is 5.69. The monoisotopic (exact) mass is 308 g/mol. The molecule has 4 bridgehead atoms. The first-order valence-corrected chi connectivity index (χ1v) is 8.99. The highest BCUT2D eigenvalue weighted by Crippen LogP contribution is 2.62. The molecule has 0 aliphatic heterocycles. The van der Waals surface area contributed by atoms with Gasteiger partial charge in [-0.25, -0.2) is 0 Å². The lowest BCUT2D eigenvalue weighted by Gasteiger charge is -2.62. The van der Waals surface area contributed by atoms with E-state index in [2.05, 4.69) is 6.92 Å². The molecule has 0 saturated heterocycles. The molecule has 0 spiro atoms. The standard InChI is InChI=1S/C19H32O3/c1-12(11-21-5)19(22-17(20)18(2,3)4)15-7-13-6-14(9-15)10-16(19)8-13/h12-16H,6-11H2,1-5H3. The summed E-state index contributed by atoms with van der Waals surface area (Å²) in [6.45, 7) is 8.78. The van der Waals surface area contributed by atoms with E-state index in [9.17, 15) is 4.79 Å². The average Bonchev–Trinajstić information content (AvgIpc) is 2.41. The van der Waals surface area contributed by atoms with Crippen LogP contribution in [0.2, 0.25) is 0 Å². The molecule has 22 heavy (non-hydrogen) atoms. The summed E-state index contributed by atoms with van der Waals surface area (Å²) in [5.74, 6) is 3.07. The Labute approximate surface area is 135 Å². The molecule has 4 rings (SSSR count). The van der Waals surface area contributed by atoms with Crippen LogP contribution in [0.4, 0.5) is 0 Å². The number of ether oxygens (including phenoxy) is 2. The lowest BCUT2D eigenvalue weighted by molar-refractivity contribution is -0.237. The van der Waals surface area contributed by atoms with Gasteiger partial charge < -0.3 is 9.47 Å². The highest BCUT2D eigenvalue weighted by Gasteiger charge is 2.62. The van der Waals surface area contributed by atoms with E-state index in [1.54, 1.807) is 7.11 Å². The summed E-state index contributed by atoms with van der Waals surface area (Å²) < 4.78 is 11.8. The van der Waals surface area contributed by atoms with Crippen molar-refractivity contribution in [1.29, 1.82) is 0 Å². The first-order chi connectivity index (χ1) is 10.3. The maximum absolute atomic E-state index is 12.7. The van der Waals surface area contributed by atoms with E-state index >= 15 is 0 Å². The van der Waals surface area contributed by atoms with E-state index in [0.29, 0.717) is 18.4 Å². The predicted molar refractivity (Wildman–Crippen MR) is 86.4 cm³/mol. The van der Waals surface area contributed by atoms with Crippen molar-refractivity contribution in [1.82, 2.24) is 0 Å². The van der Waals surface area contributed by atoms with Crippen LogP contribution in [0.3, 0.4) is 0 Å². The molecule has 4 saturated carbocycles. The average molecular weight is 308 g/mol. The number of hydrogen-bond acceptors (Lipinski definition) is 3. The minimum atomic E-state index is -0.436. The van der Waals surface area contributed by atoms with Gasteiger partial charge in [-0.15, -0.1) is 0 Å². The SMILES string of the molecule is COCC(C)C1(OC(=O)C(C)(C)C)C2CC3CC(C2)CC1C3. The van der Waals surface area contributed by atoms with E-state index in [1.165, 1.54) is 32.1 Å². The second-order valence-corrected chi connectivity index (χ2v) is 9.15. The van der Waals surface area contributed by atoms with Crippen molar-refractivity contribution >= 4 is 5.97 Å². The molecule has 0 aromatic heterocycles. The summed E-state index contributed by atoms with van der Waals surface area (Å²) in [5, 5.41) is 0. The van der Waals surface area contributed by atoms with E-state index in [1.807, 2.05) is 20.8 Å². The molecule has 0 N–H and O–H groups in total. The molecule has 0 aromatic carbocycles. The fourth-order valence-electron chi connectivity index (χ4n) is 5.69. The van der Waals surface area contributed by atoms with Crippen LogP contribution in [0.15, 0.2) is 0 Å². The number of methoxy groups -OCH3 is 1. The predicted octanol–water partition coefficient (Wildman–Crippen LogP) is 4.05. The summed E-state index contributed by atoms with van der Waals surface area (Å²) in [6, 6.07) is 0. The van der Waals surface area contributed by atoms with Crippen molar-refractivity contribution in [3.05, 3.63) is 0 Å². The van der Waals surface area contributed by atoms with Crippen molar-refractivity contribution < 1.29 is 14.3 Å². The van der Waals surface area contributed by atoms with Gasteiger partial charge in [-0.1, -0.05) is 6.92 Å². The maximum atomic E-state index is 12.7. The summed E-state index contributed by atoms with van der Waals surface area (Å²) in [6.07, 6.45) is 6.41. The lowest BCUT2D eigenvalue weighted by atomic mass is 9.47. The van der Waals surface area contributed by atoms with Crippen LogP contribution in [-0.2, 0) is 14.3 Å². The van der Waals surface area contributed by atoms with Crippen LogP contribution in [-0.4, -0.2) is 25.3 Å². The van der Waals surface area contributed by atoms with E-state index in [0.717, 1.165) is 11.8 Å². The largest absolute Gasteiger partial charge is 0.458 e. The summed E-state index contributed by atoms with van der Waals surface area (Å²) >= 11 is 0. The van der Waals surface area contributed by atoms with Gasteiger partial charge in [0.25, 0.3) is 0 Å². The zero-order chi connectivity index (χ0) is 16.1. The Kier molecular flexibility index (Phi) is 4.08. The van der Waals surface area contributed by atoms with Gasteiger partial charge in [0.15, 0.2) is 0 Å². The third-order valence-electron chi connectivity index (χ3n) is 6.48. The molecule has 1 unspecified atom stereocenters. The van der Waals surface area contributed by atoms with E-state index in [-0.39, 0.29) is 17.5 Å². The molecule has 0 radical (unpaired) electrons. The molecule has 126 valence electrons. The van der Waals surface area contributed by atoms with Crippen LogP contribution in [0.1, 0.15) is 59.8 Å². The first-order valence-electron chi connectivity index (χ1n) is 8.99. The quantitative estimate of drug-likeness (QED) is 0.735. The Balaban J connectivity index is 1.92. The zero-order valence-electron chi connectivity index (χ0n) is 14.9. The molecule has 3 heteroatoms. The second kappa shape index (κ2) is 5.51. The Morgan fingerprint density at radius 1 is 1.09 bits per heavy atom. The second-order valence-electron chi connectivity index (χ2n) is 9.15. The summed E-state index contributed by atoms with van der Waals surface area (Å²) in [7, 11) is 1.76. The number of carbonyl (C=O) groups excluding carboxylic acids is 1. The van der Waals surface area contributed by atoms with Crippen LogP contribution in [0.25, 0.3) is 0 Å². The third-order valence-corrected chi connectivity index (χ3v) is 6.48. The van der Waals surface area contributed by atoms with Crippen molar-refractivity contribution in [2.75, 3.05) is 13.7 Å². The highest BCUT2D eigenvalue weighted by molar-refractivity contribution is 5.76. The molecule has 0 heterocycles. The first kappa shape index (κ1) is 16.3. The van der Waals surface area contributed by atoms with Gasteiger partial charge in [0.05, 0.1) is 12.0 Å². The molecule has 4 fully saturated rings. The summed E-state index contributed by atoms with van der Waals surface area (Å²) in [4.78, 5) is 12.7. The zero-order valence-corrected chi connectivity index (χ0v) is 14.9. The number of carbonyl (C=O) groups is 1. The minimum absolute atomic E-state index is 0.0390. The minimum Gasteiger partial charge on any atom is -0.458 e. The maximum Gasteiger partial charge on any atom is 0.311 e. The number of esters is 1. The van der Waals surface area contributed by atoms with Crippen molar-refractivity contribution in [2.24, 2.45) is 35.0 Å². The van der Waals surface area contributed by atoms with Crippen molar-refractivity contribution in [3.8, 4) is 0 Å².